The van der Waals surface area contributed by atoms with Crippen LogP contribution in [0.25, 0.3) is 0 Å². The summed E-state index contributed by atoms with van der Waals surface area (Å²) in [5.41, 5.74) is 5.15. The number of hydrogen-bond acceptors (Lipinski definition) is 3. The molecule has 0 aliphatic carbocycles. The van der Waals surface area contributed by atoms with Crippen molar-refractivity contribution < 1.29 is 9.53 Å². The van der Waals surface area contributed by atoms with E-state index in [9.17, 15) is 4.79 Å². The van der Waals surface area contributed by atoms with Gasteiger partial charge in [-0.1, -0.05) is 12.2 Å². The zero-order valence-electron chi connectivity index (χ0n) is 11.0. The number of likely N-dealkylation sites (tertiary alicyclic amines) is 1. The highest BCUT2D eigenvalue weighted by Crippen LogP contribution is 2.19. The van der Waals surface area contributed by atoms with Gasteiger partial charge >= 0.3 is 6.09 Å². The van der Waals surface area contributed by atoms with Gasteiger partial charge in [0, 0.05) is 19.0 Å². The van der Waals surface area contributed by atoms with Crippen molar-refractivity contribution >= 4 is 57.3 Å². The minimum atomic E-state index is -0.433. The Labute approximate surface area is 135 Å². The molecule has 1 rings (SSSR count). The van der Waals surface area contributed by atoms with Crippen molar-refractivity contribution in [1.29, 1.82) is 0 Å². The molecule has 0 spiro atoms. The van der Waals surface area contributed by atoms with Gasteiger partial charge in [-0.05, 0) is 33.6 Å². The smallest absolute Gasteiger partial charge is 0.410 e. The molecule has 0 saturated carbocycles. The number of carbonyl (C=O) groups is 1. The molecular formula is C11H22Br2N2O2S. The van der Waals surface area contributed by atoms with E-state index in [1.54, 1.807) is 4.90 Å². The van der Waals surface area contributed by atoms with Crippen LogP contribution in [0.3, 0.4) is 0 Å². The van der Waals surface area contributed by atoms with Crippen LogP contribution in [-0.4, -0.2) is 34.7 Å². The second kappa shape index (κ2) is 8.32. The molecule has 1 aliphatic heterocycles. The first-order valence-corrected chi connectivity index (χ1v) is 5.97. The number of halogens is 2. The molecule has 1 fully saturated rings. The third-order valence-corrected chi connectivity index (χ3v) is 2.88. The molecule has 0 bridgehead atoms. The maximum absolute atomic E-state index is 11.7. The van der Waals surface area contributed by atoms with Gasteiger partial charge in [0.05, 0.1) is 4.99 Å². The third-order valence-electron chi connectivity index (χ3n) is 2.55. The number of rotatable bonds is 1. The fraction of sp³-hybridized carbons (Fsp3) is 0.818. The summed E-state index contributed by atoms with van der Waals surface area (Å²) in [6.07, 6.45) is 1.44. The van der Waals surface area contributed by atoms with Crippen LogP contribution in [0.4, 0.5) is 4.79 Å². The lowest BCUT2D eigenvalue weighted by molar-refractivity contribution is 0.0202. The van der Waals surface area contributed by atoms with E-state index in [4.69, 9.17) is 22.7 Å². The van der Waals surface area contributed by atoms with E-state index < -0.39 is 5.60 Å². The van der Waals surface area contributed by atoms with Gasteiger partial charge in [-0.2, -0.15) is 0 Å². The standard InChI is InChI=1S/C11H20N2O2S.2BrH/c1-11(2,3)15-10(14)13-6-4-8(5-7-13)9(12)16;;/h8H,4-7H2,1-3H3,(H2,12,16);2*1H. The van der Waals surface area contributed by atoms with E-state index in [1.807, 2.05) is 20.8 Å². The van der Waals surface area contributed by atoms with E-state index in [0.29, 0.717) is 18.1 Å². The van der Waals surface area contributed by atoms with Crippen LogP contribution in [0.15, 0.2) is 0 Å². The highest BCUT2D eigenvalue weighted by Gasteiger charge is 2.27. The Morgan fingerprint density at radius 1 is 1.28 bits per heavy atom. The molecule has 4 nitrogen and oxygen atoms in total. The van der Waals surface area contributed by atoms with Gasteiger partial charge in [0.1, 0.15) is 5.60 Å². The molecule has 0 atom stereocenters. The maximum Gasteiger partial charge on any atom is 0.410 e. The summed E-state index contributed by atoms with van der Waals surface area (Å²) in [6.45, 7) is 6.96. The summed E-state index contributed by atoms with van der Waals surface area (Å²) in [4.78, 5) is 14.0. The lowest BCUT2D eigenvalue weighted by Gasteiger charge is -2.33. The van der Waals surface area contributed by atoms with Crippen molar-refractivity contribution in [3.05, 3.63) is 0 Å². The molecule has 1 aliphatic rings. The molecule has 1 saturated heterocycles. The fourth-order valence-corrected chi connectivity index (χ4v) is 1.91. The molecule has 0 aromatic heterocycles. The zero-order chi connectivity index (χ0) is 12.3. The third kappa shape index (κ3) is 6.89. The summed E-state index contributed by atoms with van der Waals surface area (Å²) in [6, 6.07) is 0. The largest absolute Gasteiger partial charge is 0.444 e. The second-order valence-electron chi connectivity index (χ2n) is 5.14. The van der Waals surface area contributed by atoms with Crippen LogP contribution in [0, 0.1) is 5.92 Å². The highest BCUT2D eigenvalue weighted by atomic mass is 79.9. The first-order valence-electron chi connectivity index (χ1n) is 5.57. The Hall–Kier alpha value is 0.120. The summed E-state index contributed by atoms with van der Waals surface area (Å²) < 4.78 is 5.30. The Kier molecular flexibility index (Phi) is 9.45. The monoisotopic (exact) mass is 404 g/mol. The Morgan fingerprint density at radius 3 is 2.06 bits per heavy atom. The molecule has 2 N–H and O–H groups in total. The molecule has 0 aromatic carbocycles. The molecular weight excluding hydrogens is 384 g/mol. The Balaban J connectivity index is 0. The Bertz CT molecular complexity index is 287. The van der Waals surface area contributed by atoms with Crippen molar-refractivity contribution in [1.82, 2.24) is 4.90 Å². The number of thiocarbonyl (C=S) groups is 1. The summed E-state index contributed by atoms with van der Waals surface area (Å²) in [7, 11) is 0. The normalized spacial score (nSPS) is 16.3. The summed E-state index contributed by atoms with van der Waals surface area (Å²) in [5, 5.41) is 0. The quantitative estimate of drug-likeness (QED) is 0.681. The number of nitrogens with zero attached hydrogens (tertiary/aromatic N) is 1. The molecule has 18 heavy (non-hydrogen) atoms. The zero-order valence-corrected chi connectivity index (χ0v) is 15.2. The van der Waals surface area contributed by atoms with Gasteiger partial charge in [0.2, 0.25) is 0 Å². The lowest BCUT2D eigenvalue weighted by Crippen LogP contribution is -2.43. The van der Waals surface area contributed by atoms with E-state index in [2.05, 4.69) is 0 Å². The van der Waals surface area contributed by atoms with Gasteiger partial charge in [-0.15, -0.1) is 34.0 Å². The first-order chi connectivity index (χ1) is 7.29. The number of piperidine rings is 1. The number of hydrogen-bond donors (Lipinski definition) is 1. The fourth-order valence-electron chi connectivity index (χ4n) is 1.67. The van der Waals surface area contributed by atoms with E-state index in [1.165, 1.54) is 0 Å². The van der Waals surface area contributed by atoms with Crippen LogP contribution in [0.1, 0.15) is 33.6 Å². The molecule has 7 heteroatoms. The molecule has 1 amide bonds. The van der Waals surface area contributed by atoms with Crippen molar-refractivity contribution in [2.24, 2.45) is 11.7 Å². The van der Waals surface area contributed by atoms with Gasteiger partial charge in [0.15, 0.2) is 0 Å². The van der Waals surface area contributed by atoms with Crippen LogP contribution in [0.5, 0.6) is 0 Å². The molecule has 1 heterocycles. The van der Waals surface area contributed by atoms with Gasteiger partial charge in [0.25, 0.3) is 0 Å². The number of amides is 1. The Morgan fingerprint density at radius 2 is 1.72 bits per heavy atom. The van der Waals surface area contributed by atoms with Crippen molar-refractivity contribution in [3.8, 4) is 0 Å². The summed E-state index contributed by atoms with van der Waals surface area (Å²) >= 11 is 4.95. The topological polar surface area (TPSA) is 55.6 Å². The van der Waals surface area contributed by atoms with Gasteiger partial charge in [-0.25, -0.2) is 4.79 Å². The number of carbonyl (C=O) groups excluding carboxylic acids is 1. The lowest BCUT2D eigenvalue weighted by atomic mass is 9.97. The van der Waals surface area contributed by atoms with E-state index in [-0.39, 0.29) is 46.0 Å². The SMILES string of the molecule is Br.Br.CC(C)(C)OC(=O)N1CCC(C(N)=S)CC1. The van der Waals surface area contributed by atoms with Crippen LogP contribution in [-0.2, 0) is 4.74 Å². The minimum absolute atomic E-state index is 0. The molecule has 0 unspecified atom stereocenters. The van der Waals surface area contributed by atoms with Crippen LogP contribution in [0.2, 0.25) is 0 Å². The molecule has 0 aromatic rings. The highest BCUT2D eigenvalue weighted by molar-refractivity contribution is 8.93. The number of nitrogens with two attached hydrogens (primary N) is 1. The van der Waals surface area contributed by atoms with Crippen LogP contribution >= 0.6 is 46.2 Å². The minimum Gasteiger partial charge on any atom is -0.444 e. The predicted molar refractivity (Wildman–Crippen MR) is 88.0 cm³/mol. The average Bonchev–Trinajstić information content (AvgIpc) is 2.15. The number of ether oxygens (including phenoxy) is 1. The summed E-state index contributed by atoms with van der Waals surface area (Å²) in [5.74, 6) is 0.272. The molecule has 108 valence electrons. The average molecular weight is 406 g/mol. The molecule has 0 radical (unpaired) electrons. The van der Waals surface area contributed by atoms with Crippen molar-refractivity contribution in [2.45, 2.75) is 39.2 Å². The van der Waals surface area contributed by atoms with Gasteiger partial charge < -0.3 is 15.4 Å². The van der Waals surface area contributed by atoms with Crippen molar-refractivity contribution in [3.63, 3.8) is 0 Å². The first kappa shape index (κ1) is 20.4. The van der Waals surface area contributed by atoms with Crippen molar-refractivity contribution in [2.75, 3.05) is 13.1 Å². The maximum atomic E-state index is 11.7. The second-order valence-corrected chi connectivity index (χ2v) is 5.62. The predicted octanol–water partition coefficient (Wildman–Crippen LogP) is 3.08. The van der Waals surface area contributed by atoms with E-state index >= 15 is 0 Å². The van der Waals surface area contributed by atoms with Crippen LogP contribution < -0.4 is 5.73 Å². The van der Waals surface area contributed by atoms with E-state index in [0.717, 1.165) is 12.8 Å². The van der Waals surface area contributed by atoms with Gasteiger partial charge in [-0.3, -0.25) is 0 Å².